The van der Waals surface area contributed by atoms with Gasteiger partial charge in [0.2, 0.25) is 0 Å². The van der Waals surface area contributed by atoms with Crippen molar-refractivity contribution in [1.82, 2.24) is 0 Å². The van der Waals surface area contributed by atoms with E-state index in [1.807, 2.05) is 0 Å². The molecule has 146 valence electrons. The Morgan fingerprint density at radius 2 is 1.82 bits per heavy atom. The summed E-state index contributed by atoms with van der Waals surface area (Å²) in [5, 5.41) is 29.0. The minimum atomic E-state index is -4.24. The van der Waals surface area contributed by atoms with E-state index in [1.165, 1.54) is 18.2 Å². The molecule has 2 rings (SSSR count). The van der Waals surface area contributed by atoms with Gasteiger partial charge in [0.15, 0.2) is 0 Å². The van der Waals surface area contributed by atoms with Gasteiger partial charge in [-0.3, -0.25) is 19.6 Å². The summed E-state index contributed by atoms with van der Waals surface area (Å²) in [5.41, 5.74) is -0.666. The second-order valence-corrected chi connectivity index (χ2v) is 7.35. The Morgan fingerprint density at radius 3 is 2.43 bits per heavy atom. The monoisotopic (exact) mass is 426 g/mol. The molecule has 3 N–H and O–H groups in total. The third kappa shape index (κ3) is 4.84. The summed E-state index contributed by atoms with van der Waals surface area (Å²) in [4.78, 5) is 31.3. The van der Waals surface area contributed by atoms with Crippen LogP contribution in [0.2, 0.25) is 5.02 Å². The molecule has 0 unspecified atom stereocenters. The number of carboxylic acids is 1. The summed E-state index contributed by atoms with van der Waals surface area (Å²) < 4.78 is 27.1. The number of aliphatic hydroxyl groups excluding tert-OH is 1. The SMILES string of the molecule is O=C(O)C(=O)C=C(O)c1cccc(NS(=O)(=O)c2ccc(Cl)c([N+](=O)[O-])c2)c1. The van der Waals surface area contributed by atoms with E-state index in [1.54, 1.807) is 0 Å². The highest BCUT2D eigenvalue weighted by Gasteiger charge is 2.21. The third-order valence-electron chi connectivity index (χ3n) is 3.31. The van der Waals surface area contributed by atoms with Crippen LogP contribution in [-0.2, 0) is 19.6 Å². The highest BCUT2D eigenvalue weighted by atomic mass is 35.5. The molecule has 0 saturated carbocycles. The van der Waals surface area contributed by atoms with E-state index < -0.39 is 43.0 Å². The van der Waals surface area contributed by atoms with E-state index in [0.717, 1.165) is 24.3 Å². The van der Waals surface area contributed by atoms with Crippen LogP contribution >= 0.6 is 11.6 Å². The van der Waals surface area contributed by atoms with Gasteiger partial charge < -0.3 is 10.2 Å². The molecule has 0 amide bonds. The minimum Gasteiger partial charge on any atom is -0.507 e. The Morgan fingerprint density at radius 1 is 1.14 bits per heavy atom. The molecule has 0 saturated heterocycles. The predicted octanol–water partition coefficient (Wildman–Crippen LogP) is 2.60. The van der Waals surface area contributed by atoms with Crippen LogP contribution in [-0.4, -0.2) is 35.3 Å². The predicted molar refractivity (Wildman–Crippen MR) is 98.6 cm³/mol. The summed E-state index contributed by atoms with van der Waals surface area (Å²) in [6, 6.07) is 8.04. The maximum Gasteiger partial charge on any atom is 0.376 e. The van der Waals surface area contributed by atoms with E-state index in [-0.39, 0.29) is 16.3 Å². The Bertz CT molecular complexity index is 1110. The fourth-order valence-corrected chi connectivity index (χ4v) is 3.28. The van der Waals surface area contributed by atoms with E-state index in [2.05, 4.69) is 4.72 Å². The van der Waals surface area contributed by atoms with Crippen molar-refractivity contribution in [1.29, 1.82) is 0 Å². The zero-order chi connectivity index (χ0) is 21.1. The van der Waals surface area contributed by atoms with Crippen molar-refractivity contribution in [2.24, 2.45) is 0 Å². The van der Waals surface area contributed by atoms with Crippen molar-refractivity contribution >= 4 is 50.5 Å². The fourth-order valence-electron chi connectivity index (χ4n) is 2.02. The zero-order valence-corrected chi connectivity index (χ0v) is 15.3. The van der Waals surface area contributed by atoms with Gasteiger partial charge in [0, 0.05) is 23.4 Å². The Hall–Kier alpha value is -3.44. The van der Waals surface area contributed by atoms with Crippen LogP contribution in [0.3, 0.4) is 0 Å². The summed E-state index contributed by atoms with van der Waals surface area (Å²) in [5.74, 6) is -3.82. The number of halogens is 1. The lowest BCUT2D eigenvalue weighted by Crippen LogP contribution is -2.13. The quantitative estimate of drug-likeness (QED) is 0.200. The molecule has 0 spiro atoms. The van der Waals surface area contributed by atoms with Crippen molar-refractivity contribution in [2.45, 2.75) is 4.90 Å². The lowest BCUT2D eigenvalue weighted by atomic mass is 10.1. The number of aliphatic carboxylic acids is 1. The summed E-state index contributed by atoms with van der Waals surface area (Å²) >= 11 is 5.66. The Kier molecular flexibility index (Phi) is 6.01. The van der Waals surface area contributed by atoms with Gasteiger partial charge in [-0.1, -0.05) is 23.7 Å². The van der Waals surface area contributed by atoms with Crippen molar-refractivity contribution in [3.8, 4) is 0 Å². The van der Waals surface area contributed by atoms with Gasteiger partial charge in [-0.15, -0.1) is 0 Å². The number of nitrogens with one attached hydrogen (secondary N) is 1. The third-order valence-corrected chi connectivity index (χ3v) is 5.01. The second kappa shape index (κ2) is 8.06. The molecule has 0 aliphatic carbocycles. The Balaban J connectivity index is 2.35. The van der Waals surface area contributed by atoms with Crippen molar-refractivity contribution in [3.63, 3.8) is 0 Å². The lowest BCUT2D eigenvalue weighted by molar-refractivity contribution is -0.384. The first-order chi connectivity index (χ1) is 13.0. The number of sulfonamides is 1. The number of carbonyl (C=O) groups is 2. The number of carboxylic acid groups (broad SMARTS) is 1. The molecule has 28 heavy (non-hydrogen) atoms. The van der Waals surface area contributed by atoms with Gasteiger partial charge in [0.1, 0.15) is 10.8 Å². The molecule has 12 heteroatoms. The molecule has 0 aliphatic heterocycles. The average Bonchev–Trinajstić information content (AvgIpc) is 2.61. The van der Waals surface area contributed by atoms with Gasteiger partial charge in [0.05, 0.1) is 9.82 Å². The van der Waals surface area contributed by atoms with E-state index in [0.29, 0.717) is 6.08 Å². The maximum atomic E-state index is 12.5. The number of benzene rings is 2. The number of hydrogen-bond donors (Lipinski definition) is 3. The summed E-state index contributed by atoms with van der Waals surface area (Å²) in [6.07, 6.45) is 0.471. The number of aliphatic hydroxyl groups is 1. The molecule has 0 aliphatic rings. The highest BCUT2D eigenvalue weighted by Crippen LogP contribution is 2.28. The number of anilines is 1. The number of rotatable bonds is 7. The molecule has 10 nitrogen and oxygen atoms in total. The van der Waals surface area contributed by atoms with Crippen LogP contribution in [0.15, 0.2) is 53.4 Å². The summed E-state index contributed by atoms with van der Waals surface area (Å²) in [7, 11) is -4.24. The standard InChI is InChI=1S/C16H11ClN2O8S/c17-12-5-4-11(7-13(12)19(24)25)28(26,27)18-10-3-1-2-9(6-10)14(20)8-15(21)16(22)23/h1-8,18,20H,(H,22,23). The fraction of sp³-hybridized carbons (Fsp3) is 0. The van der Waals surface area contributed by atoms with Gasteiger partial charge >= 0.3 is 5.97 Å². The number of hydrogen-bond acceptors (Lipinski definition) is 7. The first kappa shape index (κ1) is 20.9. The molecule has 0 bridgehead atoms. The van der Waals surface area contributed by atoms with Crippen LogP contribution in [0.1, 0.15) is 5.56 Å². The molecule has 2 aromatic rings. The van der Waals surface area contributed by atoms with Gasteiger partial charge in [-0.25, -0.2) is 13.2 Å². The van der Waals surface area contributed by atoms with Crippen LogP contribution in [0, 0.1) is 10.1 Å². The zero-order valence-electron chi connectivity index (χ0n) is 13.7. The van der Waals surface area contributed by atoms with Gasteiger partial charge in [-0.2, -0.15) is 0 Å². The minimum absolute atomic E-state index is 0.0307. The number of ketones is 1. The number of nitro benzene ring substituents is 1. The number of nitrogens with zero attached hydrogens (tertiary/aromatic N) is 1. The van der Waals surface area contributed by atoms with Crippen molar-refractivity contribution < 1.29 is 33.1 Å². The lowest BCUT2D eigenvalue weighted by Gasteiger charge is -2.10. The molecule has 0 heterocycles. The molecule has 2 aromatic carbocycles. The smallest absolute Gasteiger partial charge is 0.376 e. The highest BCUT2D eigenvalue weighted by molar-refractivity contribution is 7.92. The second-order valence-electron chi connectivity index (χ2n) is 5.26. The van der Waals surface area contributed by atoms with Gasteiger partial charge in [0.25, 0.3) is 21.5 Å². The first-order valence-corrected chi connectivity index (χ1v) is 9.12. The molecule has 0 radical (unpaired) electrons. The van der Waals surface area contributed by atoms with Gasteiger partial charge in [-0.05, 0) is 24.3 Å². The van der Waals surface area contributed by atoms with E-state index in [4.69, 9.17) is 16.7 Å². The molecule has 0 atom stereocenters. The average molecular weight is 427 g/mol. The van der Waals surface area contributed by atoms with Crippen molar-refractivity contribution in [3.05, 3.63) is 69.2 Å². The molecule has 0 fully saturated rings. The topological polar surface area (TPSA) is 164 Å². The van der Waals surface area contributed by atoms with Crippen LogP contribution in [0.4, 0.5) is 11.4 Å². The Labute approximate surface area is 162 Å². The van der Waals surface area contributed by atoms with E-state index in [9.17, 15) is 33.2 Å². The normalized spacial score (nSPS) is 11.7. The molecular formula is C16H11ClN2O8S. The van der Waals surface area contributed by atoms with Crippen LogP contribution in [0.25, 0.3) is 5.76 Å². The maximum absolute atomic E-state index is 12.5. The van der Waals surface area contributed by atoms with E-state index >= 15 is 0 Å². The molecular weight excluding hydrogens is 416 g/mol. The van der Waals surface area contributed by atoms with Crippen molar-refractivity contribution in [2.75, 3.05) is 4.72 Å². The van der Waals surface area contributed by atoms with Crippen LogP contribution < -0.4 is 4.72 Å². The largest absolute Gasteiger partial charge is 0.507 e. The number of carbonyl (C=O) groups excluding carboxylic acids is 1. The molecule has 0 aromatic heterocycles. The summed E-state index contributed by atoms with van der Waals surface area (Å²) in [6.45, 7) is 0. The van der Waals surface area contributed by atoms with Crippen LogP contribution in [0.5, 0.6) is 0 Å². The first-order valence-electron chi connectivity index (χ1n) is 7.26. The number of nitro groups is 1.